The van der Waals surface area contributed by atoms with E-state index in [-0.39, 0.29) is 5.54 Å². The molecule has 0 spiro atoms. The average Bonchev–Trinajstić information content (AvgIpc) is 2.85. The number of rotatable bonds is 6. The number of aromatic nitrogens is 2. The van der Waals surface area contributed by atoms with Crippen LogP contribution in [0.4, 0.5) is 5.13 Å². The first-order valence-corrected chi connectivity index (χ1v) is 7.54. The highest BCUT2D eigenvalue weighted by Crippen LogP contribution is 2.26. The van der Waals surface area contributed by atoms with Crippen LogP contribution in [0.5, 0.6) is 5.75 Å². The summed E-state index contributed by atoms with van der Waals surface area (Å²) in [7, 11) is 1.71. The Hall–Kier alpha value is -1.62. The number of benzene rings is 1. The summed E-state index contributed by atoms with van der Waals surface area (Å²) in [5.41, 5.74) is 1.08. The standard InChI is InChI=1S/C15H21N3OS/c1-5-13-16-14(20-18-13)17-15(2,3)10-11-8-6-7-9-12(11)19-4/h6-9H,5,10H2,1-4H3,(H,16,17,18). The Kier molecular flexibility index (Phi) is 4.60. The van der Waals surface area contributed by atoms with E-state index in [9.17, 15) is 0 Å². The normalized spacial score (nSPS) is 11.4. The van der Waals surface area contributed by atoms with Crippen molar-refractivity contribution in [3.63, 3.8) is 0 Å². The quantitative estimate of drug-likeness (QED) is 0.884. The Labute approximate surface area is 124 Å². The van der Waals surface area contributed by atoms with Crippen molar-refractivity contribution in [3.8, 4) is 5.75 Å². The van der Waals surface area contributed by atoms with E-state index in [0.717, 1.165) is 29.5 Å². The third-order valence-electron chi connectivity index (χ3n) is 3.05. The van der Waals surface area contributed by atoms with Gasteiger partial charge in [-0.05, 0) is 31.9 Å². The minimum atomic E-state index is -0.112. The van der Waals surface area contributed by atoms with Crippen LogP contribution in [-0.4, -0.2) is 22.0 Å². The predicted octanol–water partition coefficient (Wildman–Crippen LogP) is 3.54. The molecule has 4 nitrogen and oxygen atoms in total. The highest BCUT2D eigenvalue weighted by atomic mass is 32.1. The summed E-state index contributed by atoms with van der Waals surface area (Å²) < 4.78 is 9.71. The lowest BCUT2D eigenvalue weighted by molar-refractivity contribution is 0.405. The summed E-state index contributed by atoms with van der Waals surface area (Å²) in [6, 6.07) is 8.11. The Bertz CT molecular complexity index is 566. The molecule has 20 heavy (non-hydrogen) atoms. The number of anilines is 1. The molecule has 0 bridgehead atoms. The fourth-order valence-electron chi connectivity index (χ4n) is 2.11. The maximum Gasteiger partial charge on any atom is 0.202 e. The van der Waals surface area contributed by atoms with Crippen molar-refractivity contribution in [2.24, 2.45) is 0 Å². The van der Waals surface area contributed by atoms with Crippen LogP contribution in [0, 0.1) is 0 Å². The van der Waals surface area contributed by atoms with Crippen molar-refractivity contribution in [1.29, 1.82) is 0 Å². The van der Waals surface area contributed by atoms with Gasteiger partial charge in [0.2, 0.25) is 5.13 Å². The molecule has 5 heteroatoms. The number of ether oxygens (including phenoxy) is 1. The molecule has 0 fully saturated rings. The molecule has 0 saturated heterocycles. The maximum absolute atomic E-state index is 5.41. The number of para-hydroxylation sites is 1. The Balaban J connectivity index is 2.10. The van der Waals surface area contributed by atoms with Crippen LogP contribution in [-0.2, 0) is 12.8 Å². The lowest BCUT2D eigenvalue weighted by atomic mass is 9.94. The second kappa shape index (κ2) is 6.22. The topological polar surface area (TPSA) is 47.0 Å². The number of hydrogen-bond donors (Lipinski definition) is 1. The van der Waals surface area contributed by atoms with E-state index in [1.807, 2.05) is 18.2 Å². The first-order valence-electron chi connectivity index (χ1n) is 6.77. The summed E-state index contributed by atoms with van der Waals surface area (Å²) in [4.78, 5) is 4.46. The van der Waals surface area contributed by atoms with Crippen molar-refractivity contribution in [2.75, 3.05) is 12.4 Å². The Morgan fingerprint density at radius 1 is 1.30 bits per heavy atom. The molecule has 2 rings (SSSR count). The molecular weight excluding hydrogens is 270 g/mol. The molecule has 2 aromatic rings. The van der Waals surface area contributed by atoms with Gasteiger partial charge in [0.25, 0.3) is 0 Å². The van der Waals surface area contributed by atoms with Gasteiger partial charge in [-0.3, -0.25) is 0 Å². The van der Waals surface area contributed by atoms with E-state index in [2.05, 4.69) is 41.5 Å². The fraction of sp³-hybridized carbons (Fsp3) is 0.467. The molecule has 0 aliphatic rings. The molecule has 0 unspecified atom stereocenters. The van der Waals surface area contributed by atoms with Crippen molar-refractivity contribution < 1.29 is 4.74 Å². The van der Waals surface area contributed by atoms with Gasteiger partial charge >= 0.3 is 0 Å². The second-order valence-electron chi connectivity index (χ2n) is 5.37. The van der Waals surface area contributed by atoms with Crippen molar-refractivity contribution in [3.05, 3.63) is 35.7 Å². The van der Waals surface area contributed by atoms with Gasteiger partial charge in [0.15, 0.2) is 0 Å². The van der Waals surface area contributed by atoms with E-state index < -0.39 is 0 Å². The molecular formula is C15H21N3OS. The van der Waals surface area contributed by atoms with Crippen LogP contribution in [0.25, 0.3) is 0 Å². The molecule has 0 atom stereocenters. The van der Waals surface area contributed by atoms with Crippen LogP contribution in [0.15, 0.2) is 24.3 Å². The van der Waals surface area contributed by atoms with E-state index in [4.69, 9.17) is 4.74 Å². The molecule has 0 amide bonds. The van der Waals surface area contributed by atoms with Gasteiger partial charge in [0, 0.05) is 23.5 Å². The zero-order valence-electron chi connectivity index (χ0n) is 12.4. The van der Waals surface area contributed by atoms with Crippen molar-refractivity contribution in [2.45, 2.75) is 39.2 Å². The van der Waals surface area contributed by atoms with Gasteiger partial charge in [-0.1, -0.05) is 25.1 Å². The van der Waals surface area contributed by atoms with E-state index in [1.54, 1.807) is 7.11 Å². The van der Waals surface area contributed by atoms with Crippen LogP contribution < -0.4 is 10.1 Å². The zero-order chi connectivity index (χ0) is 14.6. The fourth-order valence-corrected chi connectivity index (χ4v) is 2.94. The van der Waals surface area contributed by atoms with Gasteiger partial charge in [0.05, 0.1) is 7.11 Å². The second-order valence-corrected chi connectivity index (χ2v) is 6.12. The molecule has 1 heterocycles. The first-order chi connectivity index (χ1) is 9.54. The van der Waals surface area contributed by atoms with Gasteiger partial charge < -0.3 is 10.1 Å². The molecule has 1 aromatic heterocycles. The molecule has 0 aliphatic heterocycles. The highest BCUT2D eigenvalue weighted by Gasteiger charge is 2.21. The van der Waals surface area contributed by atoms with Gasteiger partial charge in [-0.15, -0.1) is 0 Å². The highest BCUT2D eigenvalue weighted by molar-refractivity contribution is 7.09. The van der Waals surface area contributed by atoms with Crippen LogP contribution in [0.3, 0.4) is 0 Å². The molecule has 0 saturated carbocycles. The molecule has 108 valence electrons. The summed E-state index contributed by atoms with van der Waals surface area (Å²) in [5.74, 6) is 1.82. The zero-order valence-corrected chi connectivity index (χ0v) is 13.3. The summed E-state index contributed by atoms with van der Waals surface area (Å²) >= 11 is 1.42. The number of aryl methyl sites for hydroxylation is 1. The number of nitrogens with one attached hydrogen (secondary N) is 1. The molecule has 0 aliphatic carbocycles. The first kappa shape index (κ1) is 14.8. The number of nitrogens with zero attached hydrogens (tertiary/aromatic N) is 2. The van der Waals surface area contributed by atoms with Crippen LogP contribution >= 0.6 is 11.5 Å². The smallest absolute Gasteiger partial charge is 0.202 e. The lowest BCUT2D eigenvalue weighted by Gasteiger charge is -2.26. The van der Waals surface area contributed by atoms with Crippen molar-refractivity contribution >= 4 is 16.7 Å². The number of methoxy groups -OCH3 is 1. The molecule has 1 N–H and O–H groups in total. The average molecular weight is 291 g/mol. The summed E-state index contributed by atoms with van der Waals surface area (Å²) in [6.45, 7) is 6.38. The van der Waals surface area contributed by atoms with E-state index in [1.165, 1.54) is 17.1 Å². The predicted molar refractivity (Wildman–Crippen MR) is 83.7 cm³/mol. The molecule has 0 radical (unpaired) electrons. The SMILES string of the molecule is CCc1nsc(NC(C)(C)Cc2ccccc2OC)n1. The van der Waals surface area contributed by atoms with E-state index >= 15 is 0 Å². The third-order valence-corrected chi connectivity index (χ3v) is 3.72. The Morgan fingerprint density at radius 2 is 2.05 bits per heavy atom. The van der Waals surface area contributed by atoms with Gasteiger partial charge in [-0.25, -0.2) is 4.98 Å². The number of hydrogen-bond acceptors (Lipinski definition) is 5. The van der Waals surface area contributed by atoms with Gasteiger partial charge in [0.1, 0.15) is 11.6 Å². The lowest BCUT2D eigenvalue weighted by Crippen LogP contribution is -2.33. The Morgan fingerprint density at radius 3 is 2.70 bits per heavy atom. The van der Waals surface area contributed by atoms with Crippen molar-refractivity contribution in [1.82, 2.24) is 9.36 Å². The summed E-state index contributed by atoms with van der Waals surface area (Å²) in [5, 5.41) is 4.34. The van der Waals surface area contributed by atoms with Crippen LogP contribution in [0.1, 0.15) is 32.2 Å². The monoisotopic (exact) mass is 291 g/mol. The molecule has 1 aromatic carbocycles. The van der Waals surface area contributed by atoms with E-state index in [0.29, 0.717) is 0 Å². The minimum Gasteiger partial charge on any atom is -0.496 e. The third kappa shape index (κ3) is 3.70. The minimum absolute atomic E-state index is 0.112. The largest absolute Gasteiger partial charge is 0.496 e. The maximum atomic E-state index is 5.41. The van der Waals surface area contributed by atoms with Gasteiger partial charge in [-0.2, -0.15) is 4.37 Å². The summed E-state index contributed by atoms with van der Waals surface area (Å²) in [6.07, 6.45) is 1.73. The van der Waals surface area contributed by atoms with Crippen LogP contribution in [0.2, 0.25) is 0 Å².